The van der Waals surface area contributed by atoms with Gasteiger partial charge in [-0.1, -0.05) is 11.6 Å². The molecule has 0 amide bonds. The maximum Gasteiger partial charge on any atom is 0.270 e. The maximum absolute atomic E-state index is 12.2. The van der Waals surface area contributed by atoms with Crippen LogP contribution in [0.15, 0.2) is 28.6 Å². The van der Waals surface area contributed by atoms with Gasteiger partial charge >= 0.3 is 0 Å². The van der Waals surface area contributed by atoms with Gasteiger partial charge in [0.15, 0.2) is 0 Å². The normalized spacial score (nSPS) is 11.5. The molecule has 0 atom stereocenters. The first-order chi connectivity index (χ1) is 9.81. The fraction of sp³-hybridized carbons (Fsp3) is 0.182. The van der Waals surface area contributed by atoms with Crippen molar-refractivity contribution >= 4 is 38.6 Å². The third kappa shape index (κ3) is 3.56. The number of halogens is 1. The van der Waals surface area contributed by atoms with Crippen molar-refractivity contribution in [1.82, 2.24) is 9.71 Å². The van der Waals surface area contributed by atoms with E-state index < -0.39 is 14.9 Å². The van der Waals surface area contributed by atoms with Crippen molar-refractivity contribution < 1.29 is 13.3 Å². The van der Waals surface area contributed by atoms with Gasteiger partial charge in [-0.15, -0.1) is 11.3 Å². The second-order valence-electron chi connectivity index (χ2n) is 4.06. The number of hydrogen-bond acceptors (Lipinski definition) is 6. The maximum atomic E-state index is 12.2. The molecule has 2 rings (SSSR count). The van der Waals surface area contributed by atoms with Crippen LogP contribution in [0.25, 0.3) is 0 Å². The third-order valence-corrected chi connectivity index (χ3v) is 5.50. The monoisotopic (exact) mass is 347 g/mol. The van der Waals surface area contributed by atoms with Gasteiger partial charge in [0.2, 0.25) is 10.0 Å². The first kappa shape index (κ1) is 15.8. The lowest BCUT2D eigenvalue weighted by molar-refractivity contribution is -0.385. The van der Waals surface area contributed by atoms with Crippen LogP contribution < -0.4 is 4.72 Å². The van der Waals surface area contributed by atoms with E-state index in [1.807, 2.05) is 0 Å². The topological polar surface area (TPSA) is 102 Å². The highest BCUT2D eigenvalue weighted by atomic mass is 35.5. The van der Waals surface area contributed by atoms with E-state index in [0.717, 1.165) is 22.7 Å². The number of nitro benzene ring substituents is 1. The molecule has 0 spiro atoms. The van der Waals surface area contributed by atoms with Crippen LogP contribution in [0.5, 0.6) is 0 Å². The zero-order valence-corrected chi connectivity index (χ0v) is 13.1. The largest absolute Gasteiger partial charge is 0.270 e. The fourth-order valence-corrected chi connectivity index (χ4v) is 3.87. The quantitative estimate of drug-likeness (QED) is 0.661. The number of thiazole rings is 1. The Kier molecular flexibility index (Phi) is 4.57. The van der Waals surface area contributed by atoms with Crippen molar-refractivity contribution in [2.24, 2.45) is 0 Å². The molecule has 1 aromatic carbocycles. The molecule has 0 aliphatic carbocycles. The first-order valence-electron chi connectivity index (χ1n) is 5.64. The molecule has 0 unspecified atom stereocenters. The molecule has 10 heteroatoms. The Morgan fingerprint density at radius 1 is 1.48 bits per heavy atom. The number of aromatic nitrogens is 1. The smallest absolute Gasteiger partial charge is 0.258 e. The molecule has 1 N–H and O–H groups in total. The van der Waals surface area contributed by atoms with E-state index in [1.165, 1.54) is 17.4 Å². The molecular formula is C11H10ClN3O4S2. The molecule has 0 fully saturated rings. The summed E-state index contributed by atoms with van der Waals surface area (Å²) in [5.74, 6) is 0. The average molecular weight is 348 g/mol. The van der Waals surface area contributed by atoms with Crippen molar-refractivity contribution in [3.05, 3.63) is 49.4 Å². The third-order valence-electron chi connectivity index (χ3n) is 2.68. The lowest BCUT2D eigenvalue weighted by Crippen LogP contribution is -2.23. The molecule has 112 valence electrons. The Labute approximate surface area is 129 Å². The lowest BCUT2D eigenvalue weighted by atomic mass is 10.3. The summed E-state index contributed by atoms with van der Waals surface area (Å²) in [6.45, 7) is 1.82. The highest BCUT2D eigenvalue weighted by molar-refractivity contribution is 7.89. The Morgan fingerprint density at radius 2 is 2.19 bits per heavy atom. The van der Waals surface area contributed by atoms with Gasteiger partial charge in [0, 0.05) is 23.6 Å². The van der Waals surface area contributed by atoms with Crippen LogP contribution in [0, 0.1) is 17.0 Å². The van der Waals surface area contributed by atoms with Crippen LogP contribution in [0.1, 0.15) is 10.6 Å². The number of nitrogens with zero attached hydrogens (tertiary/aromatic N) is 2. The summed E-state index contributed by atoms with van der Waals surface area (Å²) in [6.07, 6.45) is 0. The first-order valence-corrected chi connectivity index (χ1v) is 8.38. The molecule has 0 saturated heterocycles. The zero-order chi connectivity index (χ0) is 15.6. The molecule has 0 saturated carbocycles. The second kappa shape index (κ2) is 6.06. The summed E-state index contributed by atoms with van der Waals surface area (Å²) in [6, 6.07) is 3.27. The summed E-state index contributed by atoms with van der Waals surface area (Å²) in [5.41, 5.74) is 2.00. The van der Waals surface area contributed by atoms with Crippen LogP contribution in [0.2, 0.25) is 5.02 Å². The molecular weight excluding hydrogens is 338 g/mol. The van der Waals surface area contributed by atoms with E-state index in [-0.39, 0.29) is 22.2 Å². The number of nitrogens with one attached hydrogen (secondary N) is 1. The molecule has 2 aromatic rings. The van der Waals surface area contributed by atoms with E-state index in [1.54, 1.807) is 12.4 Å². The highest BCUT2D eigenvalue weighted by Crippen LogP contribution is 2.26. The Balaban J connectivity index is 2.29. The number of sulfonamides is 1. The minimum absolute atomic E-state index is 0.0534. The summed E-state index contributed by atoms with van der Waals surface area (Å²) in [5, 5.41) is 10.6. The van der Waals surface area contributed by atoms with Crippen LogP contribution in [0.3, 0.4) is 0 Å². The standard InChI is InChI=1S/C11H10ClN3O4S2/c1-7-10(20-6-13-7)5-14-21(18,19)11-4-8(15(16)17)2-3-9(11)12/h2-4,6,14H,5H2,1H3. The molecule has 0 bridgehead atoms. The minimum Gasteiger partial charge on any atom is -0.258 e. The number of non-ortho nitro benzene ring substituents is 1. The Morgan fingerprint density at radius 3 is 2.76 bits per heavy atom. The van der Waals surface area contributed by atoms with Gasteiger partial charge in [0.05, 0.1) is 21.2 Å². The van der Waals surface area contributed by atoms with Gasteiger partial charge in [-0.3, -0.25) is 10.1 Å². The van der Waals surface area contributed by atoms with Gasteiger partial charge in [-0.05, 0) is 13.0 Å². The molecule has 7 nitrogen and oxygen atoms in total. The number of nitro groups is 1. The van der Waals surface area contributed by atoms with Gasteiger partial charge in [-0.2, -0.15) is 0 Å². The van der Waals surface area contributed by atoms with E-state index in [0.29, 0.717) is 0 Å². The molecule has 21 heavy (non-hydrogen) atoms. The SMILES string of the molecule is Cc1ncsc1CNS(=O)(=O)c1cc([N+](=O)[O-])ccc1Cl. The number of aryl methyl sites for hydroxylation is 1. The molecule has 0 radical (unpaired) electrons. The summed E-state index contributed by atoms with van der Waals surface area (Å²) in [7, 11) is -3.95. The van der Waals surface area contributed by atoms with Crippen molar-refractivity contribution in [1.29, 1.82) is 0 Å². The lowest BCUT2D eigenvalue weighted by Gasteiger charge is -2.07. The minimum atomic E-state index is -3.95. The summed E-state index contributed by atoms with van der Waals surface area (Å²) in [4.78, 5) is 14.5. The van der Waals surface area contributed by atoms with E-state index in [9.17, 15) is 18.5 Å². The predicted octanol–water partition coefficient (Wildman–Crippen LogP) is 2.49. The zero-order valence-electron chi connectivity index (χ0n) is 10.7. The number of rotatable bonds is 5. The van der Waals surface area contributed by atoms with Crippen LogP contribution in [-0.2, 0) is 16.6 Å². The fourth-order valence-electron chi connectivity index (χ4n) is 1.55. The van der Waals surface area contributed by atoms with Gasteiger partial charge in [-0.25, -0.2) is 18.1 Å². The highest BCUT2D eigenvalue weighted by Gasteiger charge is 2.21. The van der Waals surface area contributed by atoms with Crippen molar-refractivity contribution in [2.45, 2.75) is 18.4 Å². The van der Waals surface area contributed by atoms with Crippen molar-refractivity contribution in [2.75, 3.05) is 0 Å². The molecule has 0 aliphatic rings. The van der Waals surface area contributed by atoms with Crippen molar-refractivity contribution in [3.63, 3.8) is 0 Å². The van der Waals surface area contributed by atoms with Gasteiger partial charge in [0.1, 0.15) is 4.90 Å². The summed E-state index contributed by atoms with van der Waals surface area (Å²) < 4.78 is 26.8. The molecule has 1 aromatic heterocycles. The second-order valence-corrected chi connectivity index (χ2v) is 7.14. The van der Waals surface area contributed by atoms with Gasteiger partial charge in [0.25, 0.3) is 5.69 Å². The Hall–Kier alpha value is -1.55. The van der Waals surface area contributed by atoms with E-state index in [2.05, 4.69) is 9.71 Å². The molecule has 1 heterocycles. The van der Waals surface area contributed by atoms with Crippen LogP contribution >= 0.6 is 22.9 Å². The van der Waals surface area contributed by atoms with Crippen LogP contribution in [-0.4, -0.2) is 18.3 Å². The average Bonchev–Trinajstić information content (AvgIpc) is 2.82. The predicted molar refractivity (Wildman–Crippen MR) is 79.0 cm³/mol. The van der Waals surface area contributed by atoms with Crippen molar-refractivity contribution in [3.8, 4) is 0 Å². The van der Waals surface area contributed by atoms with Gasteiger partial charge < -0.3 is 0 Å². The van der Waals surface area contributed by atoms with E-state index in [4.69, 9.17) is 11.6 Å². The Bertz CT molecular complexity index is 789. The van der Waals surface area contributed by atoms with E-state index >= 15 is 0 Å². The van der Waals surface area contributed by atoms with Crippen LogP contribution in [0.4, 0.5) is 5.69 Å². The molecule has 0 aliphatic heterocycles. The number of hydrogen-bond donors (Lipinski definition) is 1. The summed E-state index contributed by atoms with van der Waals surface area (Å²) >= 11 is 7.14. The number of benzene rings is 1.